The van der Waals surface area contributed by atoms with E-state index in [1.54, 1.807) is 0 Å². The van der Waals surface area contributed by atoms with E-state index in [-0.39, 0.29) is 32.6 Å². The maximum absolute atomic E-state index is 11.2. The minimum atomic E-state index is -2.42. The third-order valence-corrected chi connectivity index (χ3v) is 2.02. The Hall–Kier alpha value is -1.32. The number of carboxylic acids is 3. The molecule has 11 heteroatoms. The van der Waals surface area contributed by atoms with Crippen LogP contribution in [0.15, 0.2) is 0 Å². The topological polar surface area (TPSA) is 184 Å². The van der Waals surface area contributed by atoms with Crippen molar-refractivity contribution < 1.29 is 70.5 Å². The molecule has 0 rings (SSSR count). The normalized spacial score (nSPS) is 14.3. The van der Waals surface area contributed by atoms with Gasteiger partial charge in [-0.1, -0.05) is 0 Å². The summed E-state index contributed by atoms with van der Waals surface area (Å²) in [7, 11) is 0. The number of aliphatic carboxylic acids is 3. The van der Waals surface area contributed by atoms with Gasteiger partial charge in [-0.25, -0.2) is 9.59 Å². The van der Waals surface area contributed by atoms with E-state index in [2.05, 4.69) is 4.74 Å². The summed E-state index contributed by atoms with van der Waals surface area (Å²) in [6, 6.07) is -1.33. The molecular weight excluding hydrogens is 357 g/mol. The number of carbonyl (C=O) groups is 4. The van der Waals surface area contributed by atoms with E-state index in [9.17, 15) is 19.2 Å². The van der Waals surface area contributed by atoms with Gasteiger partial charge in [-0.05, 0) is 6.42 Å². The number of esters is 1. The Morgan fingerprint density at radius 3 is 1.85 bits per heavy atom. The van der Waals surface area contributed by atoms with E-state index in [4.69, 9.17) is 26.2 Å². The van der Waals surface area contributed by atoms with Crippen LogP contribution in [0.4, 0.5) is 0 Å². The number of aliphatic hydroxyl groups is 1. The molecule has 0 spiro atoms. The van der Waals surface area contributed by atoms with E-state index in [0.717, 1.165) is 0 Å². The first-order valence-electron chi connectivity index (χ1n) is 4.98. The molecule has 0 aromatic carbocycles. The summed E-state index contributed by atoms with van der Waals surface area (Å²) in [5, 5.41) is 34.4. The zero-order chi connectivity index (χ0) is 15.2. The molecule has 0 radical (unpaired) electrons. The van der Waals surface area contributed by atoms with Crippen molar-refractivity contribution in [3.63, 3.8) is 0 Å². The van der Waals surface area contributed by atoms with Crippen molar-refractivity contribution in [2.45, 2.75) is 31.1 Å². The number of rotatable bonds is 8. The number of carbonyl (C=O) groups excluding carboxylic acids is 1. The quantitative estimate of drug-likeness (QED) is 0.289. The molecule has 0 amide bonds. The summed E-state index contributed by atoms with van der Waals surface area (Å²) in [5.74, 6) is -6.24. The van der Waals surface area contributed by atoms with Crippen LogP contribution in [-0.2, 0) is 50.1 Å². The van der Waals surface area contributed by atoms with E-state index < -0.39 is 48.5 Å². The third kappa shape index (κ3) is 7.32. The fourth-order valence-electron chi connectivity index (χ4n) is 0.977. The predicted molar refractivity (Wildman–Crippen MR) is 56.0 cm³/mol. The molecule has 0 aromatic heterocycles. The summed E-state index contributed by atoms with van der Waals surface area (Å²) in [4.78, 5) is 42.5. The molecule has 0 saturated heterocycles. The standard InChI is InChI=1S/C9H13NO9.Zr/c10-3(7(13)14)1-2-4(11)19-6(9(17)18)5(12)8(15)16;/h3,5-6,12H,1-2,10H2,(H,13,14)(H,15,16)(H,17,18);/t3-,5?,6?;/m0./s1. The summed E-state index contributed by atoms with van der Waals surface area (Å²) >= 11 is 0. The molecule has 20 heavy (non-hydrogen) atoms. The smallest absolute Gasteiger partial charge is 0.348 e. The van der Waals surface area contributed by atoms with Gasteiger partial charge in [-0.3, -0.25) is 9.59 Å². The molecule has 2 unspecified atom stereocenters. The molecule has 0 aliphatic carbocycles. The second kappa shape index (κ2) is 9.57. The zero-order valence-electron chi connectivity index (χ0n) is 10.1. The molecule has 10 nitrogen and oxygen atoms in total. The van der Waals surface area contributed by atoms with Gasteiger partial charge in [0.2, 0.25) is 6.10 Å². The Morgan fingerprint density at radius 1 is 1.00 bits per heavy atom. The Bertz CT molecular complexity index is 386. The molecule has 0 bridgehead atoms. The van der Waals surface area contributed by atoms with Gasteiger partial charge in [-0.2, -0.15) is 0 Å². The number of ether oxygens (including phenoxy) is 1. The SMILES string of the molecule is N[C@@H](CCC(=O)OC(C(=O)O)C(O)C(=O)O)C(=O)O.[Zr]. The number of hydrogen-bond acceptors (Lipinski definition) is 7. The first kappa shape index (κ1) is 21.0. The average Bonchev–Trinajstić information content (AvgIpc) is 2.31. The van der Waals surface area contributed by atoms with Gasteiger partial charge in [0.15, 0.2) is 6.10 Å². The van der Waals surface area contributed by atoms with E-state index >= 15 is 0 Å². The van der Waals surface area contributed by atoms with Crippen LogP contribution in [0.25, 0.3) is 0 Å². The largest absolute Gasteiger partial charge is 0.480 e. The predicted octanol–water partition coefficient (Wildman–Crippen LogP) is -2.38. The van der Waals surface area contributed by atoms with Crippen molar-refractivity contribution in [1.29, 1.82) is 0 Å². The fourth-order valence-corrected chi connectivity index (χ4v) is 0.977. The molecule has 3 atom stereocenters. The summed E-state index contributed by atoms with van der Waals surface area (Å²) in [6.45, 7) is 0. The van der Waals surface area contributed by atoms with Crippen LogP contribution in [0, 0.1) is 0 Å². The zero-order valence-corrected chi connectivity index (χ0v) is 12.5. The molecule has 0 aromatic rings. The van der Waals surface area contributed by atoms with Crippen molar-refractivity contribution in [2.24, 2.45) is 5.73 Å². The van der Waals surface area contributed by atoms with Crippen LogP contribution >= 0.6 is 0 Å². The second-order valence-electron chi connectivity index (χ2n) is 3.52. The van der Waals surface area contributed by atoms with Crippen molar-refractivity contribution in [3.05, 3.63) is 0 Å². The maximum atomic E-state index is 11.2. The van der Waals surface area contributed by atoms with Crippen molar-refractivity contribution >= 4 is 23.9 Å². The Balaban J connectivity index is 0. The third-order valence-electron chi connectivity index (χ3n) is 2.02. The monoisotopic (exact) mass is 369 g/mol. The van der Waals surface area contributed by atoms with Gasteiger partial charge in [-0.15, -0.1) is 0 Å². The first-order valence-corrected chi connectivity index (χ1v) is 4.98. The molecule has 0 heterocycles. The van der Waals surface area contributed by atoms with Gasteiger partial charge < -0.3 is 30.9 Å². The van der Waals surface area contributed by atoms with Crippen molar-refractivity contribution in [1.82, 2.24) is 0 Å². The Morgan fingerprint density at radius 2 is 1.50 bits per heavy atom. The Kier molecular flexibility index (Phi) is 10.0. The van der Waals surface area contributed by atoms with Gasteiger partial charge >= 0.3 is 23.9 Å². The van der Waals surface area contributed by atoms with Crippen LogP contribution in [0.2, 0.25) is 0 Å². The molecule has 0 fully saturated rings. The van der Waals surface area contributed by atoms with E-state index in [1.165, 1.54) is 0 Å². The number of hydrogen-bond donors (Lipinski definition) is 5. The Labute approximate surface area is 131 Å². The number of nitrogens with two attached hydrogens (primary N) is 1. The number of carboxylic acid groups (broad SMARTS) is 3. The van der Waals surface area contributed by atoms with Crippen LogP contribution in [0.3, 0.4) is 0 Å². The van der Waals surface area contributed by atoms with E-state index in [0.29, 0.717) is 0 Å². The van der Waals surface area contributed by atoms with Gasteiger partial charge in [0.25, 0.3) is 0 Å². The molecule has 0 saturated carbocycles. The summed E-state index contributed by atoms with van der Waals surface area (Å²) in [5.41, 5.74) is 5.10. The molecule has 0 aliphatic rings. The maximum Gasteiger partial charge on any atom is 0.348 e. The fraction of sp³-hybridized carbons (Fsp3) is 0.556. The van der Waals surface area contributed by atoms with Gasteiger partial charge in [0.1, 0.15) is 6.04 Å². The van der Waals surface area contributed by atoms with Crippen molar-refractivity contribution in [3.8, 4) is 0 Å². The second-order valence-corrected chi connectivity index (χ2v) is 3.52. The van der Waals surface area contributed by atoms with Crippen LogP contribution in [0.1, 0.15) is 12.8 Å². The molecule has 112 valence electrons. The van der Waals surface area contributed by atoms with Crippen LogP contribution in [0.5, 0.6) is 0 Å². The summed E-state index contributed by atoms with van der Waals surface area (Å²) < 4.78 is 4.25. The minimum Gasteiger partial charge on any atom is -0.480 e. The molecule has 0 aliphatic heterocycles. The van der Waals surface area contributed by atoms with Gasteiger partial charge in [0, 0.05) is 32.6 Å². The summed E-state index contributed by atoms with van der Waals surface area (Å²) in [6.07, 6.45) is -5.53. The van der Waals surface area contributed by atoms with Crippen molar-refractivity contribution in [2.75, 3.05) is 0 Å². The first-order chi connectivity index (χ1) is 8.66. The molecular formula is C9H13NO9Zr. The van der Waals surface area contributed by atoms with Gasteiger partial charge in [0.05, 0.1) is 0 Å². The van der Waals surface area contributed by atoms with Crippen LogP contribution < -0.4 is 5.73 Å². The molecule has 6 N–H and O–H groups in total. The van der Waals surface area contributed by atoms with E-state index in [1.807, 2.05) is 0 Å². The minimum absolute atomic E-state index is 0. The number of aliphatic hydroxyl groups excluding tert-OH is 1. The average molecular weight is 370 g/mol. The van der Waals surface area contributed by atoms with Crippen LogP contribution in [-0.4, -0.2) is 62.6 Å².